The Morgan fingerprint density at radius 1 is 1.50 bits per heavy atom. The molecule has 0 aliphatic carbocycles. The van der Waals surface area contributed by atoms with E-state index in [4.69, 9.17) is 4.74 Å². The normalized spacial score (nSPS) is 18.4. The predicted octanol–water partition coefficient (Wildman–Crippen LogP) is 3.53. The van der Waals surface area contributed by atoms with Crippen molar-refractivity contribution < 1.29 is 14.3 Å². The fourth-order valence-corrected chi connectivity index (χ4v) is 3.71. The van der Waals surface area contributed by atoms with Crippen LogP contribution in [0.3, 0.4) is 0 Å². The third kappa shape index (κ3) is 4.71. The van der Waals surface area contributed by atoms with Gasteiger partial charge >= 0.3 is 6.09 Å². The number of nitrogens with one attached hydrogen (secondary N) is 1. The summed E-state index contributed by atoms with van der Waals surface area (Å²) in [5.74, 6) is -0.118. The summed E-state index contributed by atoms with van der Waals surface area (Å²) in [5.41, 5.74) is -0.552. The van der Waals surface area contributed by atoms with Gasteiger partial charge in [-0.05, 0) is 55.6 Å². The Labute approximate surface area is 143 Å². The van der Waals surface area contributed by atoms with Crippen LogP contribution in [0.15, 0.2) is 15.9 Å². The van der Waals surface area contributed by atoms with Crippen LogP contribution in [-0.4, -0.2) is 35.1 Å². The van der Waals surface area contributed by atoms with Crippen LogP contribution in [0.2, 0.25) is 0 Å². The van der Waals surface area contributed by atoms with Crippen LogP contribution in [0, 0.1) is 0 Å². The maximum atomic E-state index is 12.3. The van der Waals surface area contributed by atoms with Crippen LogP contribution in [-0.2, 0) is 16.1 Å². The smallest absolute Gasteiger partial charge is 0.410 e. The van der Waals surface area contributed by atoms with E-state index in [2.05, 4.69) is 21.2 Å². The molecule has 5 nitrogen and oxygen atoms in total. The molecular formula is C15H21BrN2O3S. The number of rotatable bonds is 3. The van der Waals surface area contributed by atoms with Crippen molar-refractivity contribution in [1.82, 2.24) is 10.2 Å². The first-order valence-corrected chi connectivity index (χ1v) is 8.94. The number of hydrogen-bond acceptors (Lipinski definition) is 4. The zero-order valence-corrected chi connectivity index (χ0v) is 15.4. The lowest BCUT2D eigenvalue weighted by Gasteiger charge is -2.28. The molecule has 0 bridgehead atoms. The Balaban J connectivity index is 1.91. The summed E-state index contributed by atoms with van der Waals surface area (Å²) in [5, 5.41) is 4.88. The van der Waals surface area contributed by atoms with Crippen molar-refractivity contribution in [3.05, 3.63) is 20.8 Å². The molecule has 1 aromatic rings. The summed E-state index contributed by atoms with van der Waals surface area (Å²) in [6.07, 6.45) is 1.09. The highest BCUT2D eigenvalue weighted by molar-refractivity contribution is 9.10. The Morgan fingerprint density at radius 3 is 2.82 bits per heavy atom. The molecule has 2 rings (SSSR count). The predicted molar refractivity (Wildman–Crippen MR) is 89.8 cm³/mol. The van der Waals surface area contributed by atoms with Crippen molar-refractivity contribution in [2.75, 3.05) is 6.54 Å². The highest BCUT2D eigenvalue weighted by atomic mass is 79.9. The molecule has 1 aliphatic heterocycles. The van der Waals surface area contributed by atoms with Crippen LogP contribution >= 0.6 is 27.3 Å². The number of nitrogens with zero attached hydrogens (tertiary/aromatic N) is 1. The first-order chi connectivity index (χ1) is 10.3. The molecule has 1 saturated heterocycles. The molecule has 2 amide bonds. The van der Waals surface area contributed by atoms with E-state index in [9.17, 15) is 9.59 Å². The topological polar surface area (TPSA) is 58.6 Å². The van der Waals surface area contributed by atoms with Gasteiger partial charge in [-0.1, -0.05) is 0 Å². The summed E-state index contributed by atoms with van der Waals surface area (Å²) in [4.78, 5) is 27.1. The van der Waals surface area contributed by atoms with Gasteiger partial charge in [0.05, 0.1) is 6.54 Å². The molecule has 2 heterocycles. The largest absolute Gasteiger partial charge is 0.444 e. The van der Waals surface area contributed by atoms with Gasteiger partial charge in [-0.2, -0.15) is 0 Å². The maximum Gasteiger partial charge on any atom is 0.410 e. The van der Waals surface area contributed by atoms with E-state index in [0.29, 0.717) is 19.5 Å². The van der Waals surface area contributed by atoms with Gasteiger partial charge in [0.1, 0.15) is 11.6 Å². The molecule has 122 valence electrons. The van der Waals surface area contributed by atoms with Crippen LogP contribution in [0.5, 0.6) is 0 Å². The zero-order valence-electron chi connectivity index (χ0n) is 13.0. The fraction of sp³-hybridized carbons (Fsp3) is 0.600. The highest BCUT2D eigenvalue weighted by Crippen LogP contribution is 2.22. The lowest BCUT2D eigenvalue weighted by Crippen LogP contribution is -2.47. The number of ether oxygens (including phenoxy) is 1. The molecule has 1 aromatic heterocycles. The minimum absolute atomic E-state index is 0.118. The minimum atomic E-state index is -0.552. The minimum Gasteiger partial charge on any atom is -0.444 e. The molecule has 0 aromatic carbocycles. The molecule has 1 aliphatic rings. The summed E-state index contributed by atoms with van der Waals surface area (Å²) in [7, 11) is 0. The molecule has 1 fully saturated rings. The zero-order chi connectivity index (χ0) is 16.3. The number of thiophene rings is 1. The maximum absolute atomic E-state index is 12.3. The number of carbonyl (C=O) groups excluding carboxylic acids is 2. The third-order valence-electron chi connectivity index (χ3n) is 3.24. The monoisotopic (exact) mass is 388 g/mol. The Kier molecular flexibility index (Phi) is 5.50. The first kappa shape index (κ1) is 17.3. The molecule has 7 heteroatoms. The van der Waals surface area contributed by atoms with Gasteiger partial charge in [-0.25, -0.2) is 4.79 Å². The van der Waals surface area contributed by atoms with E-state index in [0.717, 1.165) is 15.8 Å². The highest BCUT2D eigenvalue weighted by Gasteiger charge is 2.36. The van der Waals surface area contributed by atoms with E-state index in [1.165, 1.54) is 4.90 Å². The number of likely N-dealkylation sites (tertiary alicyclic amines) is 1. The van der Waals surface area contributed by atoms with Crippen molar-refractivity contribution in [2.45, 2.75) is 51.8 Å². The quantitative estimate of drug-likeness (QED) is 0.861. The standard InChI is InChI=1S/C15H21BrN2O3S/c1-15(2,3)21-14(20)18-6-4-5-12(18)13(19)17-8-11-7-10(16)9-22-11/h7,9,12H,4-6,8H2,1-3H3,(H,17,19)/t12-/m0/s1. The van der Waals surface area contributed by atoms with Crippen LogP contribution in [0.4, 0.5) is 4.79 Å². The molecule has 0 radical (unpaired) electrons. The molecular weight excluding hydrogens is 368 g/mol. The SMILES string of the molecule is CC(C)(C)OC(=O)N1CCC[C@H]1C(=O)NCc1cc(Br)cs1. The summed E-state index contributed by atoms with van der Waals surface area (Å²) < 4.78 is 6.38. The fourth-order valence-electron chi connectivity index (χ4n) is 2.32. The average molecular weight is 389 g/mol. The number of halogens is 1. The van der Waals surface area contributed by atoms with Crippen molar-refractivity contribution >= 4 is 39.3 Å². The number of carbonyl (C=O) groups is 2. The molecule has 0 unspecified atom stereocenters. The second-order valence-corrected chi connectivity index (χ2v) is 8.19. The molecule has 1 N–H and O–H groups in total. The van der Waals surface area contributed by atoms with Gasteiger partial charge in [0.15, 0.2) is 0 Å². The summed E-state index contributed by atoms with van der Waals surface area (Å²) >= 11 is 4.97. The van der Waals surface area contributed by atoms with Crippen LogP contribution in [0.1, 0.15) is 38.5 Å². The number of amides is 2. The lowest BCUT2D eigenvalue weighted by atomic mass is 10.2. The van der Waals surface area contributed by atoms with Gasteiger partial charge in [0.2, 0.25) is 5.91 Å². The van der Waals surface area contributed by atoms with Crippen molar-refractivity contribution in [3.63, 3.8) is 0 Å². The van der Waals surface area contributed by atoms with E-state index >= 15 is 0 Å². The van der Waals surface area contributed by atoms with Crippen molar-refractivity contribution in [1.29, 1.82) is 0 Å². The molecule has 22 heavy (non-hydrogen) atoms. The van der Waals surface area contributed by atoms with E-state index in [-0.39, 0.29) is 5.91 Å². The Hall–Kier alpha value is -1.08. The van der Waals surface area contributed by atoms with Gasteiger partial charge in [-0.15, -0.1) is 11.3 Å². The Bertz CT molecular complexity index is 553. The summed E-state index contributed by atoms with van der Waals surface area (Å²) in [6, 6.07) is 1.55. The van der Waals surface area contributed by atoms with Crippen LogP contribution in [0.25, 0.3) is 0 Å². The van der Waals surface area contributed by atoms with E-state index in [1.807, 2.05) is 32.2 Å². The summed E-state index contributed by atoms with van der Waals surface area (Å²) in [6.45, 7) is 6.52. The molecule has 0 saturated carbocycles. The van der Waals surface area contributed by atoms with Gasteiger partial charge in [-0.3, -0.25) is 9.69 Å². The van der Waals surface area contributed by atoms with Gasteiger partial charge in [0, 0.05) is 21.3 Å². The average Bonchev–Trinajstić information content (AvgIpc) is 3.02. The van der Waals surface area contributed by atoms with Gasteiger partial charge in [0.25, 0.3) is 0 Å². The molecule has 1 atom stereocenters. The number of hydrogen-bond donors (Lipinski definition) is 1. The second-order valence-electron chi connectivity index (χ2n) is 6.28. The second kappa shape index (κ2) is 7.00. The Morgan fingerprint density at radius 2 is 2.23 bits per heavy atom. The molecule has 0 spiro atoms. The van der Waals surface area contributed by atoms with E-state index in [1.54, 1.807) is 11.3 Å². The van der Waals surface area contributed by atoms with Gasteiger partial charge < -0.3 is 10.1 Å². The lowest BCUT2D eigenvalue weighted by molar-refractivity contribution is -0.125. The third-order valence-corrected chi connectivity index (χ3v) is 4.94. The van der Waals surface area contributed by atoms with Crippen LogP contribution < -0.4 is 5.32 Å². The van der Waals surface area contributed by atoms with Crippen molar-refractivity contribution in [2.24, 2.45) is 0 Å². The van der Waals surface area contributed by atoms with Crippen molar-refractivity contribution in [3.8, 4) is 0 Å². The first-order valence-electron chi connectivity index (χ1n) is 7.26. The van der Waals surface area contributed by atoms with E-state index < -0.39 is 17.7 Å².